The maximum atomic E-state index is 5.64. The van der Waals surface area contributed by atoms with Gasteiger partial charge in [0.25, 0.3) is 0 Å². The van der Waals surface area contributed by atoms with E-state index >= 15 is 0 Å². The molecule has 0 saturated heterocycles. The quantitative estimate of drug-likeness (QED) is 0.517. The van der Waals surface area contributed by atoms with Gasteiger partial charge in [0, 0.05) is 0 Å². The second-order valence-corrected chi connectivity index (χ2v) is 7.25. The molecule has 0 spiro atoms. The molecule has 4 aromatic rings. The van der Waals surface area contributed by atoms with Crippen molar-refractivity contribution >= 4 is 0 Å². The molecule has 1 atom stereocenters. The van der Waals surface area contributed by atoms with E-state index < -0.39 is 0 Å². The Hall–Kier alpha value is -3.48. The van der Waals surface area contributed by atoms with Crippen molar-refractivity contribution in [3.8, 4) is 17.3 Å². The molecule has 0 radical (unpaired) electrons. The zero-order valence-corrected chi connectivity index (χ0v) is 16.2. The summed E-state index contributed by atoms with van der Waals surface area (Å²) in [7, 11) is 1.68. The fraction of sp³-hybridized carbons (Fsp3) is 0.273. The third kappa shape index (κ3) is 3.51. The van der Waals surface area contributed by atoms with Crippen molar-refractivity contribution in [3.05, 3.63) is 77.3 Å². The van der Waals surface area contributed by atoms with Crippen molar-refractivity contribution in [3.63, 3.8) is 0 Å². The van der Waals surface area contributed by atoms with Crippen LogP contribution in [0.3, 0.4) is 0 Å². The summed E-state index contributed by atoms with van der Waals surface area (Å²) < 4.78 is 12.8. The number of benzene rings is 2. The Bertz CT molecular complexity index is 1120. The second kappa shape index (κ2) is 7.50. The minimum atomic E-state index is 0.0782. The van der Waals surface area contributed by atoms with Crippen molar-refractivity contribution in [2.24, 2.45) is 0 Å². The van der Waals surface area contributed by atoms with Crippen LogP contribution in [0.2, 0.25) is 0 Å². The van der Waals surface area contributed by atoms with Crippen LogP contribution in [0.25, 0.3) is 11.5 Å². The Labute approximate surface area is 168 Å². The lowest BCUT2D eigenvalue weighted by Crippen LogP contribution is -2.11. The molecule has 29 heavy (non-hydrogen) atoms. The molecule has 0 saturated carbocycles. The van der Waals surface area contributed by atoms with Crippen LogP contribution in [0.5, 0.6) is 5.75 Å². The Morgan fingerprint density at radius 2 is 2.07 bits per heavy atom. The van der Waals surface area contributed by atoms with Crippen molar-refractivity contribution in [2.45, 2.75) is 31.7 Å². The first-order valence-electron chi connectivity index (χ1n) is 9.75. The van der Waals surface area contributed by atoms with Crippen LogP contribution in [0.1, 0.15) is 41.3 Å². The molecule has 1 unspecified atom stereocenters. The van der Waals surface area contributed by atoms with Gasteiger partial charge in [-0.3, -0.25) is 0 Å². The highest BCUT2D eigenvalue weighted by Gasteiger charge is 2.28. The molecule has 5 rings (SSSR count). The molecule has 2 heterocycles. The number of methoxy groups -OCH3 is 1. The molecule has 7 heteroatoms. The zero-order chi connectivity index (χ0) is 19.6. The van der Waals surface area contributed by atoms with Crippen molar-refractivity contribution < 1.29 is 9.26 Å². The van der Waals surface area contributed by atoms with Gasteiger partial charge in [0.2, 0.25) is 11.7 Å². The minimum absolute atomic E-state index is 0.0782. The van der Waals surface area contributed by atoms with E-state index in [0.717, 1.165) is 30.6 Å². The van der Waals surface area contributed by atoms with Crippen LogP contribution >= 0.6 is 0 Å². The minimum Gasteiger partial charge on any atom is -0.497 e. The van der Waals surface area contributed by atoms with Gasteiger partial charge in [-0.2, -0.15) is 4.98 Å². The SMILES string of the molecule is COc1ccc2c(c1)C(c1nc(-c3cn(Cc4ccccc4)nn3)no1)CCC2. The predicted molar refractivity (Wildman–Crippen MR) is 107 cm³/mol. The van der Waals surface area contributed by atoms with Crippen LogP contribution in [0.4, 0.5) is 0 Å². The standard InChI is InChI=1S/C22H21N5O2/c1-28-17-11-10-16-8-5-9-18(19(16)12-17)22-23-21(25-29-22)20-14-27(26-24-20)13-15-6-3-2-4-7-15/h2-4,6-7,10-12,14,18H,5,8-9,13H2,1H3. The van der Waals surface area contributed by atoms with Gasteiger partial charge in [-0.25, -0.2) is 4.68 Å². The number of nitrogens with zero attached hydrogens (tertiary/aromatic N) is 5. The van der Waals surface area contributed by atoms with E-state index in [1.165, 1.54) is 11.1 Å². The number of aryl methyl sites for hydroxylation is 1. The van der Waals surface area contributed by atoms with Crippen LogP contribution in [-0.2, 0) is 13.0 Å². The first-order valence-corrected chi connectivity index (χ1v) is 9.75. The van der Waals surface area contributed by atoms with Gasteiger partial charge >= 0.3 is 0 Å². The van der Waals surface area contributed by atoms with Crippen molar-refractivity contribution in [2.75, 3.05) is 7.11 Å². The van der Waals surface area contributed by atoms with E-state index in [2.05, 4.69) is 44.7 Å². The van der Waals surface area contributed by atoms with E-state index in [1.54, 1.807) is 11.8 Å². The Morgan fingerprint density at radius 1 is 1.17 bits per heavy atom. The fourth-order valence-electron chi connectivity index (χ4n) is 3.89. The maximum absolute atomic E-state index is 5.64. The summed E-state index contributed by atoms with van der Waals surface area (Å²) in [6, 6.07) is 16.4. The lowest BCUT2D eigenvalue weighted by atomic mass is 9.82. The predicted octanol–water partition coefficient (Wildman–Crippen LogP) is 3.85. The topological polar surface area (TPSA) is 78.9 Å². The lowest BCUT2D eigenvalue weighted by Gasteiger charge is -2.23. The smallest absolute Gasteiger partial charge is 0.234 e. The van der Waals surface area contributed by atoms with E-state index in [0.29, 0.717) is 24.0 Å². The number of aromatic nitrogens is 5. The van der Waals surface area contributed by atoms with Crippen LogP contribution in [0, 0.1) is 0 Å². The lowest BCUT2D eigenvalue weighted by molar-refractivity contribution is 0.353. The van der Waals surface area contributed by atoms with Gasteiger partial charge < -0.3 is 9.26 Å². The third-order valence-corrected chi connectivity index (χ3v) is 5.36. The molecule has 0 amide bonds. The molecule has 0 N–H and O–H groups in total. The Morgan fingerprint density at radius 3 is 2.93 bits per heavy atom. The summed E-state index contributed by atoms with van der Waals surface area (Å²) in [4.78, 5) is 4.64. The summed E-state index contributed by atoms with van der Waals surface area (Å²) in [5.41, 5.74) is 4.29. The van der Waals surface area contributed by atoms with Gasteiger partial charge in [-0.05, 0) is 48.1 Å². The molecule has 0 fully saturated rings. The Balaban J connectivity index is 1.40. The van der Waals surface area contributed by atoms with Gasteiger partial charge in [0.1, 0.15) is 5.75 Å². The summed E-state index contributed by atoms with van der Waals surface area (Å²) >= 11 is 0. The van der Waals surface area contributed by atoms with Crippen LogP contribution < -0.4 is 4.74 Å². The van der Waals surface area contributed by atoms with Crippen LogP contribution in [0.15, 0.2) is 59.3 Å². The number of ether oxygens (including phenoxy) is 1. The van der Waals surface area contributed by atoms with E-state index in [1.807, 2.05) is 30.5 Å². The van der Waals surface area contributed by atoms with E-state index in [4.69, 9.17) is 9.26 Å². The molecular formula is C22H21N5O2. The van der Waals surface area contributed by atoms with Crippen molar-refractivity contribution in [1.29, 1.82) is 0 Å². The molecule has 0 bridgehead atoms. The first kappa shape index (κ1) is 17.6. The van der Waals surface area contributed by atoms with Gasteiger partial charge in [-0.15, -0.1) is 5.10 Å². The first-order chi connectivity index (χ1) is 14.3. The monoisotopic (exact) mass is 387 g/mol. The number of hydrogen-bond acceptors (Lipinski definition) is 6. The average molecular weight is 387 g/mol. The van der Waals surface area contributed by atoms with Crippen molar-refractivity contribution in [1.82, 2.24) is 25.1 Å². The van der Waals surface area contributed by atoms with Gasteiger partial charge in [-0.1, -0.05) is 46.8 Å². The largest absolute Gasteiger partial charge is 0.497 e. The van der Waals surface area contributed by atoms with Gasteiger partial charge in [0.15, 0.2) is 5.69 Å². The summed E-state index contributed by atoms with van der Waals surface area (Å²) in [5, 5.41) is 12.6. The maximum Gasteiger partial charge on any atom is 0.234 e. The highest BCUT2D eigenvalue weighted by molar-refractivity contribution is 5.47. The average Bonchev–Trinajstić information content (AvgIpc) is 3.43. The van der Waals surface area contributed by atoms with E-state index in [9.17, 15) is 0 Å². The molecule has 2 aromatic carbocycles. The number of fused-ring (bicyclic) bond motifs is 1. The molecule has 2 aromatic heterocycles. The highest BCUT2D eigenvalue weighted by atomic mass is 16.5. The second-order valence-electron chi connectivity index (χ2n) is 7.25. The number of rotatable bonds is 5. The van der Waals surface area contributed by atoms with Crippen LogP contribution in [-0.4, -0.2) is 32.2 Å². The summed E-state index contributed by atoms with van der Waals surface area (Å²) in [5.74, 6) is 2.01. The summed E-state index contributed by atoms with van der Waals surface area (Å²) in [6.45, 7) is 0.647. The molecule has 7 nitrogen and oxygen atoms in total. The Kier molecular flexibility index (Phi) is 4.56. The highest BCUT2D eigenvalue weighted by Crippen LogP contribution is 2.38. The zero-order valence-electron chi connectivity index (χ0n) is 16.2. The van der Waals surface area contributed by atoms with Gasteiger partial charge in [0.05, 0.1) is 25.8 Å². The fourth-order valence-corrected chi connectivity index (χ4v) is 3.89. The summed E-state index contributed by atoms with van der Waals surface area (Å²) in [6.07, 6.45) is 4.97. The number of hydrogen-bond donors (Lipinski definition) is 0. The normalized spacial score (nSPS) is 15.8. The molecule has 0 aliphatic heterocycles. The molecule has 146 valence electrons. The molecule has 1 aliphatic rings. The molecule has 1 aliphatic carbocycles. The third-order valence-electron chi connectivity index (χ3n) is 5.36. The van der Waals surface area contributed by atoms with E-state index in [-0.39, 0.29) is 5.92 Å². The molecular weight excluding hydrogens is 366 g/mol.